The van der Waals surface area contributed by atoms with Crippen LogP contribution in [0.4, 0.5) is 5.13 Å². The molecular weight excluding hydrogens is 442 g/mol. The number of amides is 2. The van der Waals surface area contributed by atoms with E-state index in [-0.39, 0.29) is 17.7 Å². The number of nitrogens with zero attached hydrogens (tertiary/aromatic N) is 1. The molecule has 172 valence electrons. The second-order valence-electron chi connectivity index (χ2n) is 8.38. The van der Waals surface area contributed by atoms with Crippen LogP contribution in [-0.4, -0.2) is 22.8 Å². The van der Waals surface area contributed by atoms with E-state index in [1.807, 2.05) is 110 Å². The van der Waals surface area contributed by atoms with Crippen LogP contribution in [0.15, 0.2) is 96.4 Å². The van der Waals surface area contributed by atoms with Crippen molar-refractivity contribution in [3.8, 4) is 11.3 Å². The van der Waals surface area contributed by atoms with Crippen molar-refractivity contribution in [3.05, 3.63) is 108 Å². The maximum atomic E-state index is 13.5. The van der Waals surface area contributed by atoms with E-state index in [0.717, 1.165) is 22.4 Å². The van der Waals surface area contributed by atoms with E-state index < -0.39 is 12.0 Å². The smallest absolute Gasteiger partial charge is 0.248 e. The van der Waals surface area contributed by atoms with Crippen molar-refractivity contribution in [2.24, 2.45) is 5.92 Å². The Kier molecular flexibility index (Phi) is 7.50. The van der Waals surface area contributed by atoms with E-state index in [2.05, 4.69) is 15.6 Å². The minimum absolute atomic E-state index is 0.107. The van der Waals surface area contributed by atoms with Gasteiger partial charge in [0.25, 0.3) is 0 Å². The number of carbonyl (C=O) groups is 2. The Balaban J connectivity index is 1.52. The van der Waals surface area contributed by atoms with Gasteiger partial charge in [-0.15, -0.1) is 11.3 Å². The first kappa shape index (κ1) is 23.4. The van der Waals surface area contributed by atoms with Crippen molar-refractivity contribution in [1.29, 1.82) is 0 Å². The van der Waals surface area contributed by atoms with Crippen LogP contribution in [0.1, 0.15) is 30.9 Å². The number of aromatic nitrogens is 1. The second-order valence-corrected chi connectivity index (χ2v) is 9.24. The quantitative estimate of drug-likeness (QED) is 0.347. The second kappa shape index (κ2) is 10.9. The molecule has 1 heterocycles. The Bertz CT molecular complexity index is 1180. The fourth-order valence-corrected chi connectivity index (χ4v) is 4.54. The van der Waals surface area contributed by atoms with Crippen LogP contribution in [0.3, 0.4) is 0 Å². The van der Waals surface area contributed by atoms with Gasteiger partial charge in [-0.3, -0.25) is 9.59 Å². The molecule has 1 atom stereocenters. The lowest BCUT2D eigenvalue weighted by Gasteiger charge is -2.25. The van der Waals surface area contributed by atoms with Crippen molar-refractivity contribution in [3.63, 3.8) is 0 Å². The molecular formula is C28H27N3O2S. The molecule has 0 aliphatic rings. The lowest BCUT2D eigenvalue weighted by molar-refractivity contribution is -0.127. The number of benzene rings is 3. The van der Waals surface area contributed by atoms with E-state index in [9.17, 15) is 9.59 Å². The van der Waals surface area contributed by atoms with Crippen LogP contribution in [0.2, 0.25) is 0 Å². The first-order chi connectivity index (χ1) is 16.5. The predicted molar refractivity (Wildman–Crippen MR) is 138 cm³/mol. The van der Waals surface area contributed by atoms with Crippen LogP contribution >= 0.6 is 11.3 Å². The number of anilines is 1. The molecule has 1 aromatic heterocycles. The van der Waals surface area contributed by atoms with Gasteiger partial charge in [0.05, 0.1) is 11.6 Å². The largest absolute Gasteiger partial charge is 0.343 e. The SMILES string of the molecule is CC(C)[C@H](NC(=O)C(c1ccccc1)c1ccccc1)C(=O)Nc1nc(-c2ccccc2)cs1. The molecule has 4 rings (SSSR count). The standard InChI is InChI=1S/C28H27N3O2S/c1-19(2)25(27(33)31-28-29-23(18-34-28)20-12-6-3-7-13-20)30-26(32)24(21-14-8-4-9-15-21)22-16-10-5-11-17-22/h3-19,24-25H,1-2H3,(H,30,32)(H,29,31,33)/t25-/m0/s1. The van der Waals surface area contributed by atoms with Gasteiger partial charge in [0.2, 0.25) is 11.8 Å². The van der Waals surface area contributed by atoms with Gasteiger partial charge >= 0.3 is 0 Å². The van der Waals surface area contributed by atoms with E-state index in [1.54, 1.807) is 0 Å². The zero-order valence-electron chi connectivity index (χ0n) is 19.1. The molecule has 0 fully saturated rings. The molecule has 0 saturated heterocycles. The molecule has 4 aromatic rings. The fourth-order valence-electron chi connectivity index (χ4n) is 3.81. The molecule has 0 spiro atoms. The van der Waals surface area contributed by atoms with Crippen LogP contribution in [0, 0.1) is 5.92 Å². The normalized spacial score (nSPS) is 11.9. The Hall–Kier alpha value is -3.77. The summed E-state index contributed by atoms with van der Waals surface area (Å²) in [5.74, 6) is -1.11. The van der Waals surface area contributed by atoms with Gasteiger partial charge in [0, 0.05) is 10.9 Å². The van der Waals surface area contributed by atoms with Crippen LogP contribution in [0.25, 0.3) is 11.3 Å². The highest BCUT2D eigenvalue weighted by Crippen LogP contribution is 2.27. The predicted octanol–water partition coefficient (Wildman–Crippen LogP) is 5.72. The van der Waals surface area contributed by atoms with Gasteiger partial charge in [0.15, 0.2) is 5.13 Å². The summed E-state index contributed by atoms with van der Waals surface area (Å²) in [6.45, 7) is 3.84. The Morgan fingerprint density at radius 1 is 0.765 bits per heavy atom. The van der Waals surface area contributed by atoms with Crippen molar-refractivity contribution in [1.82, 2.24) is 10.3 Å². The van der Waals surface area contributed by atoms with Crippen molar-refractivity contribution in [2.75, 3.05) is 5.32 Å². The Labute approximate surface area is 203 Å². The summed E-state index contributed by atoms with van der Waals surface area (Å²) in [6, 6.07) is 28.3. The van der Waals surface area contributed by atoms with E-state index >= 15 is 0 Å². The Morgan fingerprint density at radius 2 is 1.29 bits per heavy atom. The molecule has 34 heavy (non-hydrogen) atoms. The summed E-state index contributed by atoms with van der Waals surface area (Å²) in [7, 11) is 0. The summed E-state index contributed by atoms with van der Waals surface area (Å²) in [5, 5.41) is 8.31. The maximum absolute atomic E-state index is 13.5. The summed E-state index contributed by atoms with van der Waals surface area (Å²) in [5.41, 5.74) is 3.55. The number of nitrogens with one attached hydrogen (secondary N) is 2. The van der Waals surface area contributed by atoms with Gasteiger partial charge in [-0.2, -0.15) is 0 Å². The average Bonchev–Trinajstić information content (AvgIpc) is 3.33. The van der Waals surface area contributed by atoms with Gasteiger partial charge in [0.1, 0.15) is 6.04 Å². The number of thiazole rings is 1. The number of carbonyl (C=O) groups excluding carboxylic acids is 2. The summed E-state index contributed by atoms with van der Waals surface area (Å²) < 4.78 is 0. The molecule has 5 nitrogen and oxygen atoms in total. The van der Waals surface area contributed by atoms with E-state index in [4.69, 9.17) is 0 Å². The van der Waals surface area contributed by atoms with E-state index in [0.29, 0.717) is 5.13 Å². The topological polar surface area (TPSA) is 71.1 Å². The first-order valence-corrected chi connectivity index (χ1v) is 12.1. The summed E-state index contributed by atoms with van der Waals surface area (Å²) >= 11 is 1.36. The highest BCUT2D eigenvalue weighted by Gasteiger charge is 2.30. The van der Waals surface area contributed by atoms with Crippen molar-refractivity contribution in [2.45, 2.75) is 25.8 Å². The molecule has 3 aromatic carbocycles. The average molecular weight is 470 g/mol. The van der Waals surface area contributed by atoms with Gasteiger partial charge < -0.3 is 10.6 Å². The molecule has 2 amide bonds. The molecule has 0 aliphatic heterocycles. The van der Waals surface area contributed by atoms with Crippen molar-refractivity contribution >= 4 is 28.3 Å². The molecule has 0 saturated carbocycles. The van der Waals surface area contributed by atoms with Crippen LogP contribution in [-0.2, 0) is 9.59 Å². The molecule has 0 radical (unpaired) electrons. The molecule has 0 bridgehead atoms. The third kappa shape index (κ3) is 5.58. The highest BCUT2D eigenvalue weighted by molar-refractivity contribution is 7.14. The molecule has 0 aliphatic carbocycles. The van der Waals surface area contributed by atoms with Gasteiger partial charge in [-0.25, -0.2) is 4.98 Å². The van der Waals surface area contributed by atoms with E-state index in [1.165, 1.54) is 11.3 Å². The summed E-state index contributed by atoms with van der Waals surface area (Å²) in [4.78, 5) is 31.2. The number of rotatable bonds is 8. The van der Waals surface area contributed by atoms with Gasteiger partial charge in [-0.05, 0) is 17.0 Å². The van der Waals surface area contributed by atoms with Crippen molar-refractivity contribution < 1.29 is 9.59 Å². The maximum Gasteiger partial charge on any atom is 0.248 e. The third-order valence-electron chi connectivity index (χ3n) is 5.58. The molecule has 6 heteroatoms. The first-order valence-electron chi connectivity index (χ1n) is 11.2. The number of hydrogen-bond acceptors (Lipinski definition) is 4. The molecule has 2 N–H and O–H groups in total. The van der Waals surface area contributed by atoms with Crippen LogP contribution < -0.4 is 10.6 Å². The van der Waals surface area contributed by atoms with Crippen LogP contribution in [0.5, 0.6) is 0 Å². The monoisotopic (exact) mass is 469 g/mol. The van der Waals surface area contributed by atoms with Gasteiger partial charge in [-0.1, -0.05) is 105 Å². The zero-order chi connectivity index (χ0) is 23.9. The Morgan fingerprint density at radius 3 is 1.82 bits per heavy atom. The number of hydrogen-bond donors (Lipinski definition) is 2. The third-order valence-corrected chi connectivity index (χ3v) is 6.34. The minimum Gasteiger partial charge on any atom is -0.343 e. The zero-order valence-corrected chi connectivity index (χ0v) is 20.0. The lowest BCUT2D eigenvalue weighted by atomic mass is 9.89. The minimum atomic E-state index is -0.702. The highest BCUT2D eigenvalue weighted by atomic mass is 32.1. The molecule has 0 unspecified atom stereocenters. The summed E-state index contributed by atoms with van der Waals surface area (Å²) in [6.07, 6.45) is 0. The fraction of sp³-hybridized carbons (Fsp3) is 0.179. The lowest BCUT2D eigenvalue weighted by Crippen LogP contribution is -2.48.